The maximum Gasteiger partial charge on any atom is 0.295 e. The van der Waals surface area contributed by atoms with E-state index in [4.69, 9.17) is 21.1 Å². The highest BCUT2D eigenvalue weighted by atomic mass is 35.5. The van der Waals surface area contributed by atoms with Gasteiger partial charge in [-0.3, -0.25) is 9.36 Å². The van der Waals surface area contributed by atoms with E-state index in [1.54, 1.807) is 18.2 Å². The lowest BCUT2D eigenvalue weighted by Gasteiger charge is -2.25. The van der Waals surface area contributed by atoms with E-state index in [1.165, 1.54) is 17.7 Å². The van der Waals surface area contributed by atoms with Crippen LogP contribution in [0.5, 0.6) is 5.75 Å². The molecule has 4 heterocycles. The minimum absolute atomic E-state index is 0.0468. The lowest BCUT2D eigenvalue weighted by molar-refractivity contribution is -0.0363. The van der Waals surface area contributed by atoms with Crippen molar-refractivity contribution in [1.29, 1.82) is 0 Å². The third-order valence-corrected chi connectivity index (χ3v) is 6.59. The number of carbonyl (C=O) groups excluding carboxylic acids is 1. The predicted molar refractivity (Wildman–Crippen MR) is 128 cm³/mol. The second kappa shape index (κ2) is 9.94. The molecule has 186 valence electrons. The summed E-state index contributed by atoms with van der Waals surface area (Å²) in [5.74, 6) is -0.0296. The molecule has 1 unspecified atom stereocenters. The number of benzene rings is 1. The number of fused-ring (bicyclic) bond motifs is 1. The minimum atomic E-state index is -2.81. The maximum absolute atomic E-state index is 14.0. The van der Waals surface area contributed by atoms with E-state index in [-0.39, 0.29) is 22.2 Å². The molecule has 0 aliphatic carbocycles. The van der Waals surface area contributed by atoms with E-state index >= 15 is 0 Å². The number of nitrogens with one attached hydrogen (secondary N) is 1. The summed E-state index contributed by atoms with van der Waals surface area (Å²) < 4.78 is 40.6. The molecule has 3 aromatic rings. The van der Waals surface area contributed by atoms with Crippen LogP contribution in [0.15, 0.2) is 24.3 Å². The van der Waals surface area contributed by atoms with Gasteiger partial charge in [-0.2, -0.15) is 0 Å². The number of hydrogen-bond donors (Lipinski definition) is 1. The van der Waals surface area contributed by atoms with Crippen LogP contribution in [-0.4, -0.2) is 52.1 Å². The standard InChI is InChI=1S/C24H26ClF2N5O3/c1-34-17-12-14(24(33)31-9-3-4-10-31)7-8-15(17)28-16-13-18(25)29-22-20(16)30-23(21(26)27)32(22)19-6-2-5-11-35-19/h7-8,12-13,19,21H,2-6,9-11H2,1H3,(H,28,29). The van der Waals surface area contributed by atoms with Crippen LogP contribution in [0.25, 0.3) is 11.2 Å². The largest absolute Gasteiger partial charge is 0.495 e. The van der Waals surface area contributed by atoms with Crippen molar-refractivity contribution in [2.24, 2.45) is 0 Å². The van der Waals surface area contributed by atoms with Crippen LogP contribution in [-0.2, 0) is 4.74 Å². The van der Waals surface area contributed by atoms with E-state index in [1.807, 2.05) is 4.90 Å². The SMILES string of the molecule is COc1cc(C(=O)N2CCCC2)ccc1Nc1cc(Cl)nc2c1nc(C(F)F)n2C1CCCCO1. The van der Waals surface area contributed by atoms with Crippen molar-refractivity contribution in [1.82, 2.24) is 19.4 Å². The van der Waals surface area contributed by atoms with Crippen molar-refractivity contribution < 1.29 is 23.0 Å². The Labute approximate surface area is 206 Å². The number of likely N-dealkylation sites (tertiary alicyclic amines) is 1. The molecule has 2 fully saturated rings. The van der Waals surface area contributed by atoms with E-state index in [0.717, 1.165) is 38.8 Å². The van der Waals surface area contributed by atoms with Gasteiger partial charge in [-0.05, 0) is 50.3 Å². The molecule has 0 spiro atoms. The Balaban J connectivity index is 1.53. The summed E-state index contributed by atoms with van der Waals surface area (Å²) >= 11 is 6.30. The fraction of sp³-hybridized carbons (Fsp3) is 0.458. The van der Waals surface area contributed by atoms with Gasteiger partial charge in [-0.25, -0.2) is 18.7 Å². The Bertz CT molecular complexity index is 1240. The van der Waals surface area contributed by atoms with E-state index < -0.39 is 18.5 Å². The summed E-state index contributed by atoms with van der Waals surface area (Å²) in [7, 11) is 1.50. The fourth-order valence-electron chi connectivity index (χ4n) is 4.69. The summed E-state index contributed by atoms with van der Waals surface area (Å²) in [6.07, 6.45) is 0.931. The quantitative estimate of drug-likeness (QED) is 0.432. The zero-order chi connectivity index (χ0) is 24.5. The summed E-state index contributed by atoms with van der Waals surface area (Å²) in [5.41, 5.74) is 1.93. The molecule has 0 radical (unpaired) electrons. The first-order valence-corrected chi connectivity index (χ1v) is 12.1. The smallest absolute Gasteiger partial charge is 0.295 e. The van der Waals surface area contributed by atoms with Gasteiger partial charge in [0, 0.05) is 31.3 Å². The molecule has 2 aliphatic heterocycles. The molecule has 0 saturated carbocycles. The average molecular weight is 506 g/mol. The number of pyridine rings is 1. The monoisotopic (exact) mass is 505 g/mol. The Hall–Kier alpha value is -2.98. The Morgan fingerprint density at radius 1 is 1.17 bits per heavy atom. The molecule has 1 amide bonds. The van der Waals surface area contributed by atoms with Crippen molar-refractivity contribution in [3.05, 3.63) is 40.8 Å². The molecule has 1 N–H and O–H groups in total. The molecule has 35 heavy (non-hydrogen) atoms. The van der Waals surface area contributed by atoms with Gasteiger partial charge in [0.25, 0.3) is 12.3 Å². The molecule has 5 rings (SSSR count). The molecule has 8 nitrogen and oxygen atoms in total. The first kappa shape index (κ1) is 23.7. The van der Waals surface area contributed by atoms with Gasteiger partial charge in [0.1, 0.15) is 22.6 Å². The predicted octanol–water partition coefficient (Wildman–Crippen LogP) is 5.71. The molecular weight excluding hydrogens is 480 g/mol. The fourth-order valence-corrected chi connectivity index (χ4v) is 4.87. The molecular formula is C24H26ClF2N5O3. The van der Waals surface area contributed by atoms with Crippen LogP contribution in [0.4, 0.5) is 20.2 Å². The number of aromatic nitrogens is 3. The number of nitrogens with zero attached hydrogens (tertiary/aromatic N) is 4. The number of halogens is 3. The van der Waals surface area contributed by atoms with Gasteiger partial charge in [-0.15, -0.1) is 0 Å². The van der Waals surface area contributed by atoms with Crippen molar-refractivity contribution in [2.75, 3.05) is 32.1 Å². The van der Waals surface area contributed by atoms with Gasteiger partial charge in [0.15, 0.2) is 11.5 Å². The third-order valence-electron chi connectivity index (χ3n) is 6.39. The normalized spacial score (nSPS) is 18.4. The number of hydrogen-bond acceptors (Lipinski definition) is 6. The van der Waals surface area contributed by atoms with Crippen molar-refractivity contribution in [3.63, 3.8) is 0 Å². The van der Waals surface area contributed by atoms with Gasteiger partial charge in [0.05, 0.1) is 18.5 Å². The average Bonchev–Trinajstić information content (AvgIpc) is 3.53. The molecule has 2 aromatic heterocycles. The zero-order valence-electron chi connectivity index (χ0n) is 19.3. The molecule has 0 bridgehead atoms. The third kappa shape index (κ3) is 4.64. The van der Waals surface area contributed by atoms with E-state index in [0.29, 0.717) is 35.7 Å². The molecule has 2 aliphatic rings. The molecule has 2 saturated heterocycles. The number of amides is 1. The molecule has 11 heteroatoms. The van der Waals surface area contributed by atoms with Crippen molar-refractivity contribution in [2.45, 2.75) is 44.8 Å². The highest BCUT2D eigenvalue weighted by Gasteiger charge is 2.29. The number of rotatable bonds is 6. The summed E-state index contributed by atoms with van der Waals surface area (Å²) in [4.78, 5) is 23.1. The van der Waals surface area contributed by atoms with Gasteiger partial charge < -0.3 is 19.7 Å². The Morgan fingerprint density at radius 2 is 1.97 bits per heavy atom. The number of alkyl halides is 2. The molecule has 1 atom stereocenters. The molecule has 1 aromatic carbocycles. The topological polar surface area (TPSA) is 81.5 Å². The summed E-state index contributed by atoms with van der Waals surface area (Å²) in [6, 6.07) is 6.63. The Morgan fingerprint density at radius 3 is 2.66 bits per heavy atom. The second-order valence-electron chi connectivity index (χ2n) is 8.67. The van der Waals surface area contributed by atoms with Crippen LogP contribution in [0, 0.1) is 0 Å². The number of anilines is 2. The van der Waals surface area contributed by atoms with Crippen LogP contribution >= 0.6 is 11.6 Å². The summed E-state index contributed by atoms with van der Waals surface area (Å²) in [5, 5.41) is 3.31. The zero-order valence-corrected chi connectivity index (χ0v) is 20.0. The Kier molecular flexibility index (Phi) is 6.75. The highest BCUT2D eigenvalue weighted by molar-refractivity contribution is 6.30. The number of carbonyl (C=O) groups is 1. The number of methoxy groups -OCH3 is 1. The lowest BCUT2D eigenvalue weighted by atomic mass is 10.1. The van der Waals surface area contributed by atoms with E-state index in [2.05, 4.69) is 15.3 Å². The van der Waals surface area contributed by atoms with Crippen LogP contribution in [0.3, 0.4) is 0 Å². The van der Waals surface area contributed by atoms with Gasteiger partial charge >= 0.3 is 0 Å². The van der Waals surface area contributed by atoms with Gasteiger partial charge in [-0.1, -0.05) is 11.6 Å². The first-order chi connectivity index (χ1) is 17.0. The van der Waals surface area contributed by atoms with Crippen LogP contribution < -0.4 is 10.1 Å². The first-order valence-electron chi connectivity index (χ1n) is 11.7. The number of ether oxygens (including phenoxy) is 2. The van der Waals surface area contributed by atoms with E-state index in [9.17, 15) is 13.6 Å². The lowest BCUT2D eigenvalue weighted by Crippen LogP contribution is -2.27. The minimum Gasteiger partial charge on any atom is -0.495 e. The van der Waals surface area contributed by atoms with Crippen LogP contribution in [0.1, 0.15) is 60.9 Å². The number of imidazole rings is 1. The second-order valence-corrected chi connectivity index (χ2v) is 9.05. The van der Waals surface area contributed by atoms with Gasteiger partial charge in [0.2, 0.25) is 0 Å². The van der Waals surface area contributed by atoms with Crippen molar-refractivity contribution in [3.8, 4) is 5.75 Å². The van der Waals surface area contributed by atoms with Crippen LogP contribution in [0.2, 0.25) is 5.15 Å². The summed E-state index contributed by atoms with van der Waals surface area (Å²) in [6.45, 7) is 1.97. The van der Waals surface area contributed by atoms with Crippen molar-refractivity contribution >= 4 is 40.0 Å². The maximum atomic E-state index is 14.0. The highest BCUT2D eigenvalue weighted by Crippen LogP contribution is 2.37.